The Bertz CT molecular complexity index is 438. The fourth-order valence-electron chi connectivity index (χ4n) is 2.17. The van der Waals surface area contributed by atoms with Gasteiger partial charge in [0.1, 0.15) is 5.75 Å². The molecule has 0 spiro atoms. The van der Waals surface area contributed by atoms with Crippen molar-refractivity contribution in [3.63, 3.8) is 0 Å². The van der Waals surface area contributed by atoms with Gasteiger partial charge < -0.3 is 9.64 Å². The lowest BCUT2D eigenvalue weighted by molar-refractivity contribution is 0.0909. The molecule has 3 heteroatoms. The van der Waals surface area contributed by atoms with Crippen molar-refractivity contribution in [1.82, 2.24) is 4.90 Å². The number of aryl methyl sites for hydroxylation is 2. The van der Waals surface area contributed by atoms with E-state index in [4.69, 9.17) is 4.74 Å². The molecule has 1 aromatic rings. The van der Waals surface area contributed by atoms with E-state index in [-0.39, 0.29) is 11.7 Å². The Morgan fingerprint density at radius 3 is 2.39 bits per heavy atom. The zero-order valence-electron chi connectivity index (χ0n) is 12.2. The Morgan fingerprint density at radius 2 is 1.89 bits per heavy atom. The van der Waals surface area contributed by atoms with Gasteiger partial charge in [0, 0.05) is 18.0 Å². The molecule has 0 N–H and O–H groups in total. The Kier molecular flexibility index (Phi) is 4.91. The van der Waals surface area contributed by atoms with Crippen LogP contribution in [0.2, 0.25) is 0 Å². The minimum Gasteiger partial charge on any atom is -0.496 e. The highest BCUT2D eigenvalue weighted by Gasteiger charge is 2.19. The van der Waals surface area contributed by atoms with Crippen LogP contribution in [0, 0.1) is 19.8 Å². The molecular weight excluding hydrogens is 226 g/mol. The minimum atomic E-state index is 0.00601. The maximum atomic E-state index is 12.4. The second kappa shape index (κ2) is 6.01. The molecule has 1 aromatic carbocycles. The van der Waals surface area contributed by atoms with Crippen LogP contribution in [0.15, 0.2) is 12.1 Å². The van der Waals surface area contributed by atoms with E-state index in [0.29, 0.717) is 0 Å². The van der Waals surface area contributed by atoms with Crippen LogP contribution in [-0.4, -0.2) is 38.4 Å². The Morgan fingerprint density at radius 1 is 1.28 bits per heavy atom. The first-order valence-corrected chi connectivity index (χ1v) is 6.21. The maximum Gasteiger partial charge on any atom is 0.167 e. The molecule has 0 saturated carbocycles. The Labute approximate surface area is 110 Å². The number of hydrogen-bond acceptors (Lipinski definition) is 3. The molecule has 0 aliphatic rings. The molecule has 1 unspecified atom stereocenters. The van der Waals surface area contributed by atoms with Crippen LogP contribution < -0.4 is 4.74 Å². The van der Waals surface area contributed by atoms with E-state index in [0.717, 1.165) is 29.0 Å². The standard InChI is InChI=1S/C15H23NO2/c1-10-8-14(18-6)11(2)7-13(10)15(17)12(3)9-16(4)5/h7-8,12H,9H2,1-6H3. The van der Waals surface area contributed by atoms with Crippen molar-refractivity contribution in [2.75, 3.05) is 27.7 Å². The molecule has 0 radical (unpaired) electrons. The first kappa shape index (κ1) is 14.7. The van der Waals surface area contributed by atoms with Gasteiger partial charge in [-0.25, -0.2) is 0 Å². The van der Waals surface area contributed by atoms with Crippen LogP contribution in [0.25, 0.3) is 0 Å². The summed E-state index contributed by atoms with van der Waals surface area (Å²) >= 11 is 0. The van der Waals surface area contributed by atoms with E-state index in [2.05, 4.69) is 0 Å². The van der Waals surface area contributed by atoms with Crippen LogP contribution in [-0.2, 0) is 0 Å². The number of ketones is 1. The number of benzene rings is 1. The lowest BCUT2D eigenvalue weighted by atomic mass is 9.93. The van der Waals surface area contributed by atoms with Crippen LogP contribution in [0.3, 0.4) is 0 Å². The predicted molar refractivity (Wildman–Crippen MR) is 74.5 cm³/mol. The van der Waals surface area contributed by atoms with Crippen molar-refractivity contribution >= 4 is 5.78 Å². The van der Waals surface area contributed by atoms with Gasteiger partial charge in [-0.3, -0.25) is 4.79 Å². The second-order valence-corrected chi connectivity index (χ2v) is 5.16. The van der Waals surface area contributed by atoms with Gasteiger partial charge in [-0.05, 0) is 51.2 Å². The SMILES string of the molecule is COc1cc(C)c(C(=O)C(C)CN(C)C)cc1C. The largest absolute Gasteiger partial charge is 0.496 e. The van der Waals surface area contributed by atoms with Crippen LogP contribution in [0.1, 0.15) is 28.4 Å². The summed E-state index contributed by atoms with van der Waals surface area (Å²) in [5, 5.41) is 0. The number of methoxy groups -OCH3 is 1. The lowest BCUT2D eigenvalue weighted by Gasteiger charge is -2.18. The highest BCUT2D eigenvalue weighted by molar-refractivity contribution is 5.99. The number of Topliss-reactive ketones (excluding diaryl/α,β-unsaturated/α-hetero) is 1. The van der Waals surface area contributed by atoms with E-state index < -0.39 is 0 Å². The summed E-state index contributed by atoms with van der Waals surface area (Å²) in [6.45, 7) is 6.66. The van der Waals surface area contributed by atoms with Gasteiger partial charge in [0.15, 0.2) is 5.78 Å². The summed E-state index contributed by atoms with van der Waals surface area (Å²) in [6, 6.07) is 3.87. The van der Waals surface area contributed by atoms with E-state index in [1.54, 1.807) is 7.11 Å². The molecular formula is C15H23NO2. The molecule has 0 aliphatic carbocycles. The summed E-state index contributed by atoms with van der Waals surface area (Å²) in [7, 11) is 5.61. The van der Waals surface area contributed by atoms with Gasteiger partial charge >= 0.3 is 0 Å². The van der Waals surface area contributed by atoms with Crippen molar-refractivity contribution in [2.45, 2.75) is 20.8 Å². The van der Waals surface area contributed by atoms with Gasteiger partial charge in [-0.1, -0.05) is 6.92 Å². The monoisotopic (exact) mass is 249 g/mol. The smallest absolute Gasteiger partial charge is 0.167 e. The van der Waals surface area contributed by atoms with E-state index in [9.17, 15) is 4.79 Å². The molecule has 0 aromatic heterocycles. The van der Waals surface area contributed by atoms with Gasteiger partial charge in [-0.2, -0.15) is 0 Å². The zero-order valence-corrected chi connectivity index (χ0v) is 12.2. The van der Waals surface area contributed by atoms with E-state index in [1.807, 2.05) is 51.9 Å². The summed E-state index contributed by atoms with van der Waals surface area (Å²) < 4.78 is 5.27. The van der Waals surface area contributed by atoms with Gasteiger partial charge in [0.05, 0.1) is 7.11 Å². The summed E-state index contributed by atoms with van der Waals surface area (Å²) in [4.78, 5) is 14.4. The summed E-state index contributed by atoms with van der Waals surface area (Å²) in [5.74, 6) is 1.04. The maximum absolute atomic E-state index is 12.4. The normalized spacial score (nSPS) is 12.6. The Hall–Kier alpha value is -1.35. The molecule has 0 aliphatic heterocycles. The molecule has 0 amide bonds. The zero-order chi connectivity index (χ0) is 13.9. The average molecular weight is 249 g/mol. The van der Waals surface area contributed by atoms with Gasteiger partial charge in [0.2, 0.25) is 0 Å². The Balaban J connectivity index is 3.03. The third-order valence-electron chi connectivity index (χ3n) is 3.09. The van der Waals surface area contributed by atoms with Crippen LogP contribution in [0.4, 0.5) is 0 Å². The number of carbonyl (C=O) groups is 1. The molecule has 0 fully saturated rings. The van der Waals surface area contributed by atoms with E-state index in [1.165, 1.54) is 0 Å². The molecule has 1 atom stereocenters. The third-order valence-corrected chi connectivity index (χ3v) is 3.09. The summed E-state index contributed by atoms with van der Waals surface area (Å²) in [5.41, 5.74) is 2.79. The quantitative estimate of drug-likeness (QED) is 0.751. The molecule has 0 heterocycles. The fraction of sp³-hybridized carbons (Fsp3) is 0.533. The molecule has 3 nitrogen and oxygen atoms in total. The van der Waals surface area contributed by atoms with Crippen molar-refractivity contribution in [2.24, 2.45) is 5.92 Å². The minimum absolute atomic E-state index is 0.00601. The third kappa shape index (κ3) is 3.33. The molecule has 0 bridgehead atoms. The predicted octanol–water partition coefficient (Wildman–Crippen LogP) is 2.69. The molecule has 18 heavy (non-hydrogen) atoms. The second-order valence-electron chi connectivity index (χ2n) is 5.16. The van der Waals surface area contributed by atoms with Crippen LogP contribution >= 0.6 is 0 Å². The average Bonchev–Trinajstić information content (AvgIpc) is 2.29. The number of nitrogens with zero attached hydrogens (tertiary/aromatic N) is 1. The number of rotatable bonds is 5. The lowest BCUT2D eigenvalue weighted by Crippen LogP contribution is -2.26. The summed E-state index contributed by atoms with van der Waals surface area (Å²) in [6.07, 6.45) is 0. The van der Waals surface area contributed by atoms with Crippen molar-refractivity contribution < 1.29 is 9.53 Å². The highest BCUT2D eigenvalue weighted by Crippen LogP contribution is 2.24. The topological polar surface area (TPSA) is 29.5 Å². The van der Waals surface area contributed by atoms with E-state index >= 15 is 0 Å². The molecule has 1 rings (SSSR count). The van der Waals surface area contributed by atoms with Gasteiger partial charge in [0.25, 0.3) is 0 Å². The van der Waals surface area contributed by atoms with Gasteiger partial charge in [-0.15, -0.1) is 0 Å². The number of hydrogen-bond donors (Lipinski definition) is 0. The van der Waals surface area contributed by atoms with Crippen molar-refractivity contribution in [1.29, 1.82) is 0 Å². The number of carbonyl (C=O) groups excluding carboxylic acids is 1. The fourth-order valence-corrected chi connectivity index (χ4v) is 2.17. The first-order chi connectivity index (χ1) is 8.36. The highest BCUT2D eigenvalue weighted by atomic mass is 16.5. The molecule has 0 saturated heterocycles. The first-order valence-electron chi connectivity index (χ1n) is 6.21. The molecule has 100 valence electrons. The van der Waals surface area contributed by atoms with Crippen molar-refractivity contribution in [3.8, 4) is 5.75 Å². The number of ether oxygens (including phenoxy) is 1. The van der Waals surface area contributed by atoms with Crippen LogP contribution in [0.5, 0.6) is 5.75 Å². The van der Waals surface area contributed by atoms with Crippen molar-refractivity contribution in [3.05, 3.63) is 28.8 Å².